The molecule has 0 saturated heterocycles. The van der Waals surface area contributed by atoms with Gasteiger partial charge in [-0.1, -0.05) is 149 Å². The Morgan fingerprint density at radius 1 is 0.537 bits per heavy atom. The maximum absolute atomic E-state index is 12.0. The monoisotopic (exact) mass is 606 g/mol. The third-order valence-electron chi connectivity index (χ3n) is 7.35. The molecular weight excluding hydrogens is 543 g/mol. The van der Waals surface area contributed by atoms with E-state index in [0.717, 1.165) is 19.3 Å². The molecule has 244 valence electrons. The van der Waals surface area contributed by atoms with Crippen molar-refractivity contribution in [1.29, 1.82) is 0 Å². The number of carbonyl (C=O) groups is 2. The van der Waals surface area contributed by atoms with E-state index in [9.17, 15) is 14.2 Å². The number of phosphoric acid groups is 1. The van der Waals surface area contributed by atoms with Crippen molar-refractivity contribution in [3.63, 3.8) is 0 Å². The van der Waals surface area contributed by atoms with Gasteiger partial charge in [0.15, 0.2) is 6.10 Å². The average Bonchev–Trinajstić information content (AvgIpc) is 2.92. The van der Waals surface area contributed by atoms with Crippen molar-refractivity contribution in [2.45, 2.75) is 180 Å². The second-order valence-electron chi connectivity index (χ2n) is 11.5. The Labute approximate surface area is 251 Å². The third kappa shape index (κ3) is 31.8. The van der Waals surface area contributed by atoms with Crippen LogP contribution in [0.1, 0.15) is 174 Å². The lowest BCUT2D eigenvalue weighted by Crippen LogP contribution is -2.29. The SMILES string of the molecule is CCCCCCCCCCCCCCCCCCCCCCCCC(=O)OC[C@H](COP(=O)(O)O)OC(=O)CCC. The summed E-state index contributed by atoms with van der Waals surface area (Å²) in [6, 6.07) is 0. The molecule has 0 amide bonds. The molecule has 9 heteroatoms. The lowest BCUT2D eigenvalue weighted by molar-refractivity contribution is -0.161. The lowest BCUT2D eigenvalue weighted by Gasteiger charge is -2.18. The Hall–Kier alpha value is -0.950. The topological polar surface area (TPSA) is 119 Å². The predicted molar refractivity (Wildman–Crippen MR) is 166 cm³/mol. The molecule has 0 heterocycles. The van der Waals surface area contributed by atoms with Crippen LogP contribution in [0.2, 0.25) is 0 Å². The van der Waals surface area contributed by atoms with Crippen LogP contribution in [0.5, 0.6) is 0 Å². The van der Waals surface area contributed by atoms with Crippen LogP contribution in [-0.2, 0) is 28.2 Å². The van der Waals surface area contributed by atoms with Crippen molar-refractivity contribution in [1.82, 2.24) is 0 Å². The Bertz CT molecular complexity index is 652. The first-order valence-electron chi connectivity index (χ1n) is 16.8. The fourth-order valence-corrected chi connectivity index (χ4v) is 5.24. The molecule has 8 nitrogen and oxygen atoms in total. The Morgan fingerprint density at radius 2 is 0.927 bits per heavy atom. The van der Waals surface area contributed by atoms with Gasteiger partial charge in [-0.05, 0) is 12.8 Å². The molecule has 0 rings (SSSR count). The number of hydrogen-bond donors (Lipinski definition) is 2. The molecule has 0 unspecified atom stereocenters. The Balaban J connectivity index is 3.53. The maximum atomic E-state index is 12.0. The zero-order valence-corrected chi connectivity index (χ0v) is 27.4. The van der Waals surface area contributed by atoms with Crippen LogP contribution in [0.4, 0.5) is 0 Å². The van der Waals surface area contributed by atoms with Gasteiger partial charge in [0, 0.05) is 12.8 Å². The van der Waals surface area contributed by atoms with E-state index in [2.05, 4.69) is 11.4 Å². The molecule has 41 heavy (non-hydrogen) atoms. The average molecular weight is 607 g/mol. The molecule has 0 radical (unpaired) electrons. The molecule has 0 saturated carbocycles. The van der Waals surface area contributed by atoms with Gasteiger partial charge in [0.05, 0.1) is 6.61 Å². The summed E-state index contributed by atoms with van der Waals surface area (Å²) < 4.78 is 25.6. The lowest BCUT2D eigenvalue weighted by atomic mass is 10.0. The van der Waals surface area contributed by atoms with Gasteiger partial charge in [0.2, 0.25) is 0 Å². The zero-order valence-electron chi connectivity index (χ0n) is 26.5. The highest BCUT2D eigenvalue weighted by Gasteiger charge is 2.22. The summed E-state index contributed by atoms with van der Waals surface area (Å²) in [6.07, 6.45) is 28.8. The fraction of sp³-hybridized carbons (Fsp3) is 0.938. The van der Waals surface area contributed by atoms with Crippen LogP contribution in [0.3, 0.4) is 0 Å². The smallest absolute Gasteiger partial charge is 0.462 e. The quantitative estimate of drug-likeness (QED) is 0.0455. The highest BCUT2D eigenvalue weighted by atomic mass is 31.2. The van der Waals surface area contributed by atoms with Crippen molar-refractivity contribution in [2.24, 2.45) is 0 Å². The standard InChI is InChI=1S/C32H63O8P/c1-3-5-6-7-8-9-10-11-12-13-14-15-16-17-18-19-20-21-22-23-24-25-27-31(33)38-28-30(29-39-41(35,36)37)40-32(34)26-4-2/h30H,3-29H2,1-2H3,(H2,35,36,37)/t30-/m1/s1. The number of rotatable bonds is 31. The summed E-state index contributed by atoms with van der Waals surface area (Å²) >= 11 is 0. The van der Waals surface area contributed by atoms with Crippen LogP contribution in [0.15, 0.2) is 0 Å². The normalized spacial score (nSPS) is 12.4. The molecular formula is C32H63O8P. The summed E-state index contributed by atoms with van der Waals surface area (Å²) in [5.74, 6) is -0.937. The van der Waals surface area contributed by atoms with E-state index < -0.39 is 32.5 Å². The van der Waals surface area contributed by atoms with Crippen LogP contribution >= 0.6 is 7.82 Å². The number of esters is 2. The summed E-state index contributed by atoms with van der Waals surface area (Å²) in [5.41, 5.74) is 0. The fourth-order valence-electron chi connectivity index (χ4n) is 4.88. The van der Waals surface area contributed by atoms with Gasteiger partial charge in [-0.15, -0.1) is 0 Å². The van der Waals surface area contributed by atoms with Crippen LogP contribution < -0.4 is 0 Å². The number of carbonyl (C=O) groups excluding carboxylic acids is 2. The largest absolute Gasteiger partial charge is 0.469 e. The summed E-state index contributed by atoms with van der Waals surface area (Å²) in [5, 5.41) is 0. The number of ether oxygens (including phenoxy) is 2. The third-order valence-corrected chi connectivity index (χ3v) is 7.83. The van der Waals surface area contributed by atoms with Crippen molar-refractivity contribution < 1.29 is 37.9 Å². The van der Waals surface area contributed by atoms with Crippen molar-refractivity contribution in [2.75, 3.05) is 13.2 Å². The zero-order chi connectivity index (χ0) is 30.4. The highest BCUT2D eigenvalue weighted by molar-refractivity contribution is 7.46. The van der Waals surface area contributed by atoms with Crippen LogP contribution in [-0.4, -0.2) is 41.0 Å². The van der Waals surface area contributed by atoms with E-state index in [-0.39, 0.29) is 19.4 Å². The first-order valence-corrected chi connectivity index (χ1v) is 18.4. The van der Waals surface area contributed by atoms with Gasteiger partial charge in [-0.3, -0.25) is 14.1 Å². The molecule has 0 aliphatic carbocycles. The second-order valence-corrected chi connectivity index (χ2v) is 12.7. The molecule has 0 aromatic carbocycles. The predicted octanol–water partition coefficient (Wildman–Crippen LogP) is 9.34. The van der Waals surface area contributed by atoms with Gasteiger partial charge in [-0.2, -0.15) is 0 Å². The van der Waals surface area contributed by atoms with Gasteiger partial charge >= 0.3 is 19.8 Å². The van der Waals surface area contributed by atoms with E-state index >= 15 is 0 Å². The molecule has 0 aliphatic heterocycles. The molecule has 0 spiro atoms. The minimum atomic E-state index is -4.71. The van der Waals surface area contributed by atoms with Crippen LogP contribution in [0.25, 0.3) is 0 Å². The summed E-state index contributed by atoms with van der Waals surface area (Å²) in [6.45, 7) is 3.27. The summed E-state index contributed by atoms with van der Waals surface area (Å²) in [4.78, 5) is 41.4. The minimum absolute atomic E-state index is 0.167. The van der Waals surface area contributed by atoms with E-state index in [1.165, 1.54) is 122 Å². The van der Waals surface area contributed by atoms with E-state index in [0.29, 0.717) is 6.42 Å². The van der Waals surface area contributed by atoms with Gasteiger partial charge in [0.1, 0.15) is 6.61 Å². The van der Waals surface area contributed by atoms with Gasteiger partial charge < -0.3 is 19.3 Å². The minimum Gasteiger partial charge on any atom is -0.462 e. The van der Waals surface area contributed by atoms with E-state index in [4.69, 9.17) is 19.3 Å². The number of unbranched alkanes of at least 4 members (excludes halogenated alkanes) is 21. The number of phosphoric ester groups is 1. The Morgan fingerprint density at radius 3 is 1.29 bits per heavy atom. The molecule has 1 atom stereocenters. The maximum Gasteiger partial charge on any atom is 0.469 e. The highest BCUT2D eigenvalue weighted by Crippen LogP contribution is 2.35. The Kier molecular flexibility index (Phi) is 28.5. The van der Waals surface area contributed by atoms with Gasteiger partial charge in [-0.25, -0.2) is 4.57 Å². The van der Waals surface area contributed by atoms with Crippen LogP contribution in [0, 0.1) is 0 Å². The molecule has 2 N–H and O–H groups in total. The van der Waals surface area contributed by atoms with E-state index in [1.807, 2.05) is 6.92 Å². The summed E-state index contributed by atoms with van der Waals surface area (Å²) in [7, 11) is -4.71. The second kappa shape index (κ2) is 29.1. The number of hydrogen-bond acceptors (Lipinski definition) is 6. The molecule has 0 aliphatic rings. The molecule has 0 fully saturated rings. The van der Waals surface area contributed by atoms with Crippen molar-refractivity contribution in [3.05, 3.63) is 0 Å². The van der Waals surface area contributed by atoms with Crippen molar-refractivity contribution >= 4 is 19.8 Å². The van der Waals surface area contributed by atoms with Gasteiger partial charge in [0.25, 0.3) is 0 Å². The first-order chi connectivity index (χ1) is 19.8. The van der Waals surface area contributed by atoms with E-state index in [1.54, 1.807) is 0 Å². The first kappa shape index (κ1) is 40.1. The molecule has 0 aromatic rings. The molecule has 0 aromatic heterocycles. The van der Waals surface area contributed by atoms with Crippen molar-refractivity contribution in [3.8, 4) is 0 Å². The molecule has 0 bridgehead atoms.